The molecule has 0 fully saturated rings. The van der Waals surface area contributed by atoms with Gasteiger partial charge < -0.3 is 29.6 Å². The van der Waals surface area contributed by atoms with Crippen LogP contribution in [0.5, 0.6) is 5.75 Å². The fourth-order valence-corrected chi connectivity index (χ4v) is 5.31. The van der Waals surface area contributed by atoms with E-state index in [2.05, 4.69) is 10.3 Å². The van der Waals surface area contributed by atoms with Crippen molar-refractivity contribution in [1.82, 2.24) is 24.8 Å². The van der Waals surface area contributed by atoms with Crippen LogP contribution in [0.3, 0.4) is 0 Å². The summed E-state index contributed by atoms with van der Waals surface area (Å²) in [6.45, 7) is -0.0886. The van der Waals surface area contributed by atoms with E-state index in [0.717, 1.165) is 44.8 Å². The summed E-state index contributed by atoms with van der Waals surface area (Å²) in [5, 5.41) is 12.1. The summed E-state index contributed by atoms with van der Waals surface area (Å²) in [6.07, 6.45) is -0.736. The average Bonchev–Trinajstić information content (AvgIpc) is 3.53. The second-order valence-electron chi connectivity index (χ2n) is 9.97. The summed E-state index contributed by atoms with van der Waals surface area (Å²) in [5.74, 6) is 1.21. The third-order valence-corrected chi connectivity index (χ3v) is 7.33. The van der Waals surface area contributed by atoms with E-state index in [9.17, 15) is 14.0 Å². The van der Waals surface area contributed by atoms with Gasteiger partial charge in [0.05, 0.1) is 28.3 Å². The number of nitrogens with zero attached hydrogens (tertiary/aromatic N) is 3. The molecule has 0 radical (unpaired) electrons. The Morgan fingerprint density at radius 3 is 2.77 bits per heavy atom. The van der Waals surface area contributed by atoms with Crippen LogP contribution in [0.1, 0.15) is 21.5 Å². The Bertz CT molecular complexity index is 1730. The second-order valence-corrected chi connectivity index (χ2v) is 9.97. The van der Waals surface area contributed by atoms with Gasteiger partial charge in [0, 0.05) is 31.1 Å². The number of hydrogen-bond acceptors (Lipinski definition) is 4. The van der Waals surface area contributed by atoms with Crippen LogP contribution in [0.15, 0.2) is 66.7 Å². The number of imidazole rings is 1. The molecule has 5 aromatic rings. The monoisotopic (exact) mass is 541 g/mol. The van der Waals surface area contributed by atoms with E-state index in [1.165, 1.54) is 4.90 Å². The molecule has 0 saturated carbocycles. The van der Waals surface area contributed by atoms with E-state index in [-0.39, 0.29) is 12.5 Å². The maximum absolute atomic E-state index is 13.3. The molecule has 3 N–H and O–H groups in total. The fourth-order valence-electron chi connectivity index (χ4n) is 5.31. The molecule has 204 valence electrons. The van der Waals surface area contributed by atoms with Crippen LogP contribution in [0.4, 0.5) is 9.18 Å². The van der Waals surface area contributed by atoms with Crippen LogP contribution in [0, 0.1) is 0 Å². The fraction of sp³-hybridized carbons (Fsp3) is 0.233. The topological polar surface area (TPSA) is 112 Å². The van der Waals surface area contributed by atoms with Gasteiger partial charge in [-0.3, -0.25) is 4.79 Å². The van der Waals surface area contributed by atoms with Gasteiger partial charge in [-0.2, -0.15) is 0 Å². The molecule has 3 aromatic carbocycles. The SMILES string of the molecule is Cn1c(-c2cc3cccc(OCc4ccccc4)c3[nH]2)nc2cc3c(cc21)CCN(CC(CF)NC(=O)O)C3=O. The Morgan fingerprint density at radius 2 is 2.00 bits per heavy atom. The Balaban J connectivity index is 1.30. The zero-order valence-corrected chi connectivity index (χ0v) is 21.9. The maximum Gasteiger partial charge on any atom is 0.405 e. The molecule has 1 aliphatic heterocycles. The predicted octanol–water partition coefficient (Wildman–Crippen LogP) is 4.90. The van der Waals surface area contributed by atoms with Crippen LogP contribution in [0.25, 0.3) is 33.5 Å². The summed E-state index contributed by atoms with van der Waals surface area (Å²) < 4.78 is 21.5. The Kier molecular flexibility index (Phi) is 6.59. The number of nitrogens with one attached hydrogen (secondary N) is 2. The van der Waals surface area contributed by atoms with Crippen LogP contribution in [0.2, 0.25) is 0 Å². The lowest BCUT2D eigenvalue weighted by molar-refractivity contribution is 0.0714. The number of alkyl halides is 1. The molecule has 10 heteroatoms. The Hall–Kier alpha value is -4.86. The minimum atomic E-state index is -1.32. The lowest BCUT2D eigenvalue weighted by Gasteiger charge is -2.31. The third kappa shape index (κ3) is 4.72. The summed E-state index contributed by atoms with van der Waals surface area (Å²) in [6, 6.07) is 20.7. The van der Waals surface area contributed by atoms with E-state index < -0.39 is 18.8 Å². The number of carboxylic acid groups (broad SMARTS) is 1. The first-order chi connectivity index (χ1) is 19.4. The highest BCUT2D eigenvalue weighted by Gasteiger charge is 2.28. The van der Waals surface area contributed by atoms with Gasteiger partial charge in [0.2, 0.25) is 0 Å². The average molecular weight is 542 g/mol. The summed E-state index contributed by atoms with van der Waals surface area (Å²) >= 11 is 0. The van der Waals surface area contributed by atoms with Crippen LogP contribution >= 0.6 is 0 Å². The molecule has 9 nitrogen and oxygen atoms in total. The lowest BCUT2D eigenvalue weighted by atomic mass is 9.97. The van der Waals surface area contributed by atoms with Crippen molar-refractivity contribution in [3.8, 4) is 17.3 Å². The molecule has 0 spiro atoms. The smallest absolute Gasteiger partial charge is 0.405 e. The van der Waals surface area contributed by atoms with Crippen molar-refractivity contribution >= 4 is 33.9 Å². The van der Waals surface area contributed by atoms with E-state index in [1.54, 1.807) is 6.07 Å². The molecule has 0 aliphatic carbocycles. The van der Waals surface area contributed by atoms with Crippen molar-refractivity contribution in [2.24, 2.45) is 7.05 Å². The first kappa shape index (κ1) is 25.4. The molecule has 3 heterocycles. The number of aromatic amines is 1. The van der Waals surface area contributed by atoms with Crippen LogP contribution < -0.4 is 10.1 Å². The van der Waals surface area contributed by atoms with Gasteiger partial charge in [0.25, 0.3) is 5.91 Å². The highest BCUT2D eigenvalue weighted by molar-refractivity contribution is 6.00. The second kappa shape index (κ2) is 10.4. The molecule has 6 rings (SSSR count). The van der Waals surface area contributed by atoms with Gasteiger partial charge in [0.15, 0.2) is 5.82 Å². The van der Waals surface area contributed by atoms with Crippen LogP contribution in [-0.4, -0.2) is 62.3 Å². The third-order valence-electron chi connectivity index (χ3n) is 7.33. The van der Waals surface area contributed by atoms with E-state index in [0.29, 0.717) is 30.7 Å². The summed E-state index contributed by atoms with van der Waals surface area (Å²) in [5.41, 5.74) is 5.73. The van der Waals surface area contributed by atoms with Gasteiger partial charge in [-0.1, -0.05) is 42.5 Å². The number of fused-ring (bicyclic) bond motifs is 3. The Labute approximate surface area is 229 Å². The number of carbonyl (C=O) groups excluding carboxylic acids is 1. The minimum absolute atomic E-state index is 0.0314. The van der Waals surface area contributed by atoms with E-state index in [4.69, 9.17) is 14.8 Å². The number of ether oxygens (including phenoxy) is 1. The number of carbonyl (C=O) groups is 2. The number of aromatic nitrogens is 3. The quantitative estimate of drug-likeness (QED) is 0.259. The molecule has 0 saturated heterocycles. The van der Waals surface area contributed by atoms with Crippen molar-refractivity contribution in [3.05, 3.63) is 83.4 Å². The molecule has 1 aliphatic rings. The summed E-state index contributed by atoms with van der Waals surface area (Å²) in [4.78, 5) is 34.0. The molecule has 1 unspecified atom stereocenters. The van der Waals surface area contributed by atoms with E-state index in [1.807, 2.05) is 72.3 Å². The largest absolute Gasteiger partial charge is 0.487 e. The summed E-state index contributed by atoms with van der Waals surface area (Å²) in [7, 11) is 1.94. The van der Waals surface area contributed by atoms with Gasteiger partial charge in [0.1, 0.15) is 19.0 Å². The number of amides is 2. The highest BCUT2D eigenvalue weighted by Crippen LogP contribution is 2.33. The van der Waals surface area contributed by atoms with Crippen molar-refractivity contribution < 1.29 is 23.8 Å². The molecule has 40 heavy (non-hydrogen) atoms. The highest BCUT2D eigenvalue weighted by atomic mass is 19.1. The van der Waals surface area contributed by atoms with Crippen molar-refractivity contribution in [2.75, 3.05) is 19.8 Å². The van der Waals surface area contributed by atoms with Gasteiger partial charge in [-0.15, -0.1) is 0 Å². The van der Waals surface area contributed by atoms with Gasteiger partial charge >= 0.3 is 6.09 Å². The van der Waals surface area contributed by atoms with Gasteiger partial charge in [-0.25, -0.2) is 14.2 Å². The predicted molar refractivity (Wildman–Crippen MR) is 149 cm³/mol. The number of para-hydroxylation sites is 1. The zero-order valence-electron chi connectivity index (χ0n) is 21.9. The first-order valence-electron chi connectivity index (χ1n) is 13.0. The number of aryl methyl sites for hydroxylation is 1. The van der Waals surface area contributed by atoms with Crippen molar-refractivity contribution in [1.29, 1.82) is 0 Å². The van der Waals surface area contributed by atoms with Crippen LogP contribution in [-0.2, 0) is 20.1 Å². The normalized spacial score (nSPS) is 13.9. The maximum atomic E-state index is 13.3. The first-order valence-corrected chi connectivity index (χ1v) is 13.0. The van der Waals surface area contributed by atoms with Crippen molar-refractivity contribution in [2.45, 2.75) is 19.1 Å². The Morgan fingerprint density at radius 1 is 1.18 bits per heavy atom. The number of hydrogen-bond donors (Lipinski definition) is 3. The number of rotatable bonds is 8. The molecule has 2 amide bonds. The number of halogens is 1. The van der Waals surface area contributed by atoms with E-state index >= 15 is 0 Å². The molecule has 2 aromatic heterocycles. The molecule has 0 bridgehead atoms. The minimum Gasteiger partial charge on any atom is -0.487 e. The standard InChI is InChI=1S/C30H28FN5O4/c1-35-25-13-19-10-11-36(16-21(15-31)32-30(38)39)29(37)22(19)14-23(25)34-28(35)24-12-20-8-5-9-26(27(20)33-24)40-17-18-6-3-2-4-7-18/h2-9,12-14,21,32-33H,10-11,15-17H2,1H3,(H,38,39). The molecular weight excluding hydrogens is 513 g/mol. The number of benzene rings is 3. The van der Waals surface area contributed by atoms with Gasteiger partial charge in [-0.05, 0) is 41.8 Å². The zero-order chi connectivity index (χ0) is 27.8. The molecular formula is C30H28FN5O4. The number of H-pyrrole nitrogens is 1. The molecule has 1 atom stereocenters. The van der Waals surface area contributed by atoms with Crippen molar-refractivity contribution in [3.63, 3.8) is 0 Å². The lowest BCUT2D eigenvalue weighted by Crippen LogP contribution is -2.48.